The number of methoxy groups -OCH3 is 1. The molecule has 2 aromatic carbocycles. The van der Waals surface area contributed by atoms with Gasteiger partial charge in [-0.1, -0.05) is 19.9 Å². The van der Waals surface area contributed by atoms with E-state index in [9.17, 15) is 22.7 Å². The predicted octanol–water partition coefficient (Wildman–Crippen LogP) is 5.96. The highest BCUT2D eigenvalue weighted by molar-refractivity contribution is 7.18. The van der Waals surface area contributed by atoms with Gasteiger partial charge in [0.05, 0.1) is 22.3 Å². The average Bonchev–Trinajstić information content (AvgIpc) is 3.01. The molecule has 0 saturated heterocycles. The predicted molar refractivity (Wildman–Crippen MR) is 110 cm³/mol. The Morgan fingerprint density at radius 1 is 1.10 bits per heavy atom. The zero-order chi connectivity index (χ0) is 22.3. The molecule has 3 nitrogen and oxygen atoms in total. The van der Waals surface area contributed by atoms with Crippen LogP contribution >= 0.6 is 11.3 Å². The number of benzene rings is 2. The van der Waals surface area contributed by atoms with Crippen LogP contribution in [-0.2, 0) is 11.8 Å². The molecule has 0 aliphatic rings. The van der Waals surface area contributed by atoms with Gasteiger partial charge in [-0.25, -0.2) is 9.37 Å². The molecule has 0 aliphatic carbocycles. The smallest absolute Gasteiger partial charge is 0.417 e. The Hall–Kier alpha value is -2.19. The third kappa shape index (κ3) is 4.44. The van der Waals surface area contributed by atoms with Gasteiger partial charge in [0.25, 0.3) is 0 Å². The summed E-state index contributed by atoms with van der Waals surface area (Å²) in [6.07, 6.45) is -6.27. The molecule has 162 valence electrons. The van der Waals surface area contributed by atoms with Crippen molar-refractivity contribution in [3.8, 4) is 5.75 Å². The first-order valence-corrected chi connectivity index (χ1v) is 10.2. The number of ether oxygens (including phenoxy) is 1. The largest absolute Gasteiger partial charge is 0.496 e. The van der Waals surface area contributed by atoms with Crippen LogP contribution in [-0.4, -0.2) is 29.0 Å². The van der Waals surface area contributed by atoms with Crippen LogP contribution in [0, 0.1) is 12.7 Å². The maximum absolute atomic E-state index is 14.0. The Balaban J connectivity index is 1.99. The minimum Gasteiger partial charge on any atom is -0.496 e. The Morgan fingerprint density at radius 3 is 2.43 bits per heavy atom. The van der Waals surface area contributed by atoms with Crippen molar-refractivity contribution in [3.05, 3.63) is 58.3 Å². The second kappa shape index (κ2) is 7.81. The lowest BCUT2D eigenvalue weighted by molar-refractivity contribution is -0.266. The quantitative estimate of drug-likeness (QED) is 0.480. The number of alkyl halides is 3. The van der Waals surface area contributed by atoms with Crippen LogP contribution < -0.4 is 4.74 Å². The van der Waals surface area contributed by atoms with Gasteiger partial charge in [0, 0.05) is 12.0 Å². The van der Waals surface area contributed by atoms with Crippen molar-refractivity contribution in [1.29, 1.82) is 0 Å². The third-order valence-electron chi connectivity index (χ3n) is 5.18. The van der Waals surface area contributed by atoms with Crippen molar-refractivity contribution in [2.75, 3.05) is 7.11 Å². The summed E-state index contributed by atoms with van der Waals surface area (Å²) in [5, 5.41) is 11.0. The van der Waals surface area contributed by atoms with E-state index < -0.39 is 35.9 Å². The number of aryl methyl sites for hydroxylation is 1. The molecule has 0 spiro atoms. The van der Waals surface area contributed by atoms with Crippen LogP contribution in [0.5, 0.6) is 5.75 Å². The van der Waals surface area contributed by atoms with E-state index in [0.29, 0.717) is 5.52 Å². The molecule has 1 N–H and O–H groups in total. The fourth-order valence-corrected chi connectivity index (χ4v) is 4.76. The summed E-state index contributed by atoms with van der Waals surface area (Å²) >= 11 is 1.13. The standard InChI is InChI=1S/C22H23F4NO2S/c1-13-5-8-18-16(9-13)27-19(30-18)11-21(28,22(24,25)26)12-20(2,3)15-10-14(23)6-7-17(15)29-4/h5-10,28H,11-12H2,1-4H3. The van der Waals surface area contributed by atoms with Crippen molar-refractivity contribution in [2.24, 2.45) is 0 Å². The SMILES string of the molecule is COc1ccc(F)cc1C(C)(C)CC(O)(Cc1nc2cc(C)ccc2s1)C(F)(F)F. The van der Waals surface area contributed by atoms with Crippen molar-refractivity contribution in [2.45, 2.75) is 50.8 Å². The third-order valence-corrected chi connectivity index (χ3v) is 6.22. The highest BCUT2D eigenvalue weighted by atomic mass is 32.1. The fourth-order valence-electron chi connectivity index (χ4n) is 3.71. The number of aromatic nitrogens is 1. The van der Waals surface area contributed by atoms with E-state index >= 15 is 0 Å². The van der Waals surface area contributed by atoms with Gasteiger partial charge in [0.15, 0.2) is 5.60 Å². The van der Waals surface area contributed by atoms with Gasteiger partial charge in [0.2, 0.25) is 0 Å². The Bertz CT molecular complexity index is 1060. The number of rotatable bonds is 6. The molecule has 1 aromatic heterocycles. The summed E-state index contributed by atoms with van der Waals surface area (Å²) in [6, 6.07) is 9.16. The number of hydrogen-bond donors (Lipinski definition) is 1. The van der Waals surface area contributed by atoms with E-state index in [2.05, 4.69) is 4.98 Å². The maximum atomic E-state index is 14.0. The van der Waals surface area contributed by atoms with Crippen LogP contribution in [0.2, 0.25) is 0 Å². The van der Waals surface area contributed by atoms with Crippen molar-refractivity contribution in [3.63, 3.8) is 0 Å². The van der Waals surface area contributed by atoms with Crippen LogP contribution in [0.4, 0.5) is 17.6 Å². The summed E-state index contributed by atoms with van der Waals surface area (Å²) in [4.78, 5) is 4.30. The van der Waals surface area contributed by atoms with Gasteiger partial charge < -0.3 is 9.84 Å². The molecule has 1 heterocycles. The number of thiazole rings is 1. The molecular formula is C22H23F4NO2S. The molecule has 8 heteroatoms. The van der Waals surface area contributed by atoms with Gasteiger partial charge in [-0.2, -0.15) is 13.2 Å². The molecule has 3 rings (SSSR count). The van der Waals surface area contributed by atoms with E-state index in [4.69, 9.17) is 4.74 Å². The van der Waals surface area contributed by atoms with Crippen molar-refractivity contribution >= 4 is 21.6 Å². The minimum absolute atomic E-state index is 0.192. The minimum atomic E-state index is -4.90. The maximum Gasteiger partial charge on any atom is 0.417 e. The normalized spacial score (nSPS) is 14.7. The first-order valence-electron chi connectivity index (χ1n) is 9.34. The first kappa shape index (κ1) is 22.5. The monoisotopic (exact) mass is 441 g/mol. The number of hydrogen-bond acceptors (Lipinski definition) is 4. The Kier molecular flexibility index (Phi) is 5.86. The Morgan fingerprint density at radius 2 is 1.80 bits per heavy atom. The van der Waals surface area contributed by atoms with Crippen molar-refractivity contribution < 1.29 is 27.4 Å². The molecule has 30 heavy (non-hydrogen) atoms. The highest BCUT2D eigenvalue weighted by Gasteiger charge is 2.56. The van der Waals surface area contributed by atoms with Gasteiger partial charge in [-0.05, 0) is 54.7 Å². The molecule has 0 amide bonds. The number of halogens is 4. The molecule has 0 bridgehead atoms. The number of fused-ring (bicyclic) bond motifs is 1. The van der Waals surface area contributed by atoms with E-state index in [1.807, 2.05) is 13.0 Å². The molecular weight excluding hydrogens is 418 g/mol. The lowest BCUT2D eigenvalue weighted by Gasteiger charge is -2.38. The van der Waals surface area contributed by atoms with Crippen LogP contribution in [0.1, 0.15) is 36.4 Å². The summed E-state index contributed by atoms with van der Waals surface area (Å²) in [6.45, 7) is 4.94. The fraction of sp³-hybridized carbons (Fsp3) is 0.409. The molecule has 3 aromatic rings. The molecule has 0 aliphatic heterocycles. The van der Waals surface area contributed by atoms with E-state index in [1.54, 1.807) is 12.1 Å². The zero-order valence-electron chi connectivity index (χ0n) is 17.1. The van der Waals surface area contributed by atoms with E-state index in [1.165, 1.54) is 33.1 Å². The second-order valence-corrected chi connectivity index (χ2v) is 9.31. The summed E-state index contributed by atoms with van der Waals surface area (Å²) in [5.41, 5.74) is -2.47. The number of aliphatic hydroxyl groups is 1. The molecule has 1 unspecified atom stereocenters. The summed E-state index contributed by atoms with van der Waals surface area (Å²) in [5.74, 6) is -0.322. The molecule has 1 atom stereocenters. The number of nitrogens with zero attached hydrogens (tertiary/aromatic N) is 1. The lowest BCUT2D eigenvalue weighted by Crippen LogP contribution is -2.50. The van der Waals surface area contributed by atoms with E-state index in [0.717, 1.165) is 27.7 Å². The van der Waals surface area contributed by atoms with Gasteiger partial charge in [-0.3, -0.25) is 0 Å². The highest BCUT2D eigenvalue weighted by Crippen LogP contribution is 2.45. The summed E-state index contributed by atoms with van der Waals surface area (Å²) < 4.78 is 61.9. The van der Waals surface area contributed by atoms with Gasteiger partial charge in [0.1, 0.15) is 11.6 Å². The first-order chi connectivity index (χ1) is 13.8. The van der Waals surface area contributed by atoms with Gasteiger partial charge in [-0.15, -0.1) is 11.3 Å². The van der Waals surface area contributed by atoms with Crippen LogP contribution in [0.15, 0.2) is 36.4 Å². The van der Waals surface area contributed by atoms with Crippen molar-refractivity contribution in [1.82, 2.24) is 4.98 Å². The summed E-state index contributed by atoms with van der Waals surface area (Å²) in [7, 11) is 1.37. The Labute approximate surface area is 176 Å². The molecule has 0 radical (unpaired) electrons. The molecule has 0 fully saturated rings. The topological polar surface area (TPSA) is 42.4 Å². The zero-order valence-corrected chi connectivity index (χ0v) is 17.9. The van der Waals surface area contributed by atoms with Gasteiger partial charge >= 0.3 is 6.18 Å². The van der Waals surface area contributed by atoms with Crippen LogP contribution in [0.3, 0.4) is 0 Å². The second-order valence-electron chi connectivity index (χ2n) is 8.19. The lowest BCUT2D eigenvalue weighted by atomic mass is 9.73. The van der Waals surface area contributed by atoms with Crippen LogP contribution in [0.25, 0.3) is 10.2 Å². The molecule has 0 saturated carbocycles. The average molecular weight is 441 g/mol. The van der Waals surface area contributed by atoms with E-state index in [-0.39, 0.29) is 16.3 Å².